The van der Waals surface area contributed by atoms with E-state index in [1.165, 1.54) is 30.8 Å². The monoisotopic (exact) mass is 304 g/mol. The molecular formula is C16H24N4S. The Labute approximate surface area is 131 Å². The maximum Gasteiger partial charge on any atom is 0.192 e. The van der Waals surface area contributed by atoms with Gasteiger partial charge in [0.05, 0.1) is 19.1 Å². The second kappa shape index (κ2) is 8.71. The molecule has 2 heterocycles. The molecule has 0 amide bonds. The van der Waals surface area contributed by atoms with Gasteiger partial charge < -0.3 is 10.6 Å². The van der Waals surface area contributed by atoms with Gasteiger partial charge in [-0.1, -0.05) is 12.0 Å². The fraction of sp³-hybridized carbons (Fsp3) is 0.562. The summed E-state index contributed by atoms with van der Waals surface area (Å²) < 4.78 is 0. The molecule has 1 atom stereocenters. The van der Waals surface area contributed by atoms with Crippen molar-refractivity contribution in [2.24, 2.45) is 4.99 Å². The second-order valence-electron chi connectivity index (χ2n) is 5.05. The summed E-state index contributed by atoms with van der Waals surface area (Å²) >= 11 is 1.82. The van der Waals surface area contributed by atoms with Crippen LogP contribution in [0.3, 0.4) is 0 Å². The zero-order valence-corrected chi connectivity index (χ0v) is 13.5. The molecule has 1 aromatic rings. The van der Waals surface area contributed by atoms with Crippen molar-refractivity contribution < 1.29 is 0 Å². The normalized spacial score (nSPS) is 17.4. The number of hydrogen-bond acceptors (Lipinski definition) is 3. The van der Waals surface area contributed by atoms with E-state index in [9.17, 15) is 0 Å². The van der Waals surface area contributed by atoms with Crippen LogP contribution < -0.4 is 10.6 Å². The van der Waals surface area contributed by atoms with Gasteiger partial charge in [-0.2, -0.15) is 0 Å². The van der Waals surface area contributed by atoms with Gasteiger partial charge in [0, 0.05) is 11.4 Å². The number of terminal acetylenes is 1. The first-order valence-electron chi connectivity index (χ1n) is 7.58. The molecule has 1 unspecified atom stereocenters. The van der Waals surface area contributed by atoms with Gasteiger partial charge in [-0.15, -0.1) is 17.8 Å². The molecule has 1 aliphatic heterocycles. The Morgan fingerprint density at radius 2 is 2.29 bits per heavy atom. The van der Waals surface area contributed by atoms with Crippen molar-refractivity contribution in [3.63, 3.8) is 0 Å². The molecule has 0 aliphatic carbocycles. The maximum absolute atomic E-state index is 5.30. The van der Waals surface area contributed by atoms with Crippen LogP contribution in [0.2, 0.25) is 0 Å². The van der Waals surface area contributed by atoms with E-state index in [1.807, 2.05) is 11.3 Å². The number of hydrogen-bond donors (Lipinski definition) is 2. The Balaban J connectivity index is 2.04. The average Bonchev–Trinajstić information content (AvgIpc) is 3.18. The van der Waals surface area contributed by atoms with Crippen molar-refractivity contribution in [3.8, 4) is 12.3 Å². The minimum atomic E-state index is 0.383. The number of rotatable bonds is 6. The van der Waals surface area contributed by atoms with E-state index in [1.54, 1.807) is 0 Å². The molecule has 21 heavy (non-hydrogen) atoms. The molecule has 114 valence electrons. The van der Waals surface area contributed by atoms with Gasteiger partial charge in [-0.3, -0.25) is 9.89 Å². The molecule has 5 heteroatoms. The van der Waals surface area contributed by atoms with Crippen LogP contribution in [0.1, 0.15) is 30.7 Å². The second-order valence-corrected chi connectivity index (χ2v) is 6.03. The standard InChI is InChI=1S/C16H24N4S/c1-3-9-18-16(17-4-2)19-13-14(15-8-7-12-21-15)20-10-5-6-11-20/h1,7-8,12,14H,4-6,9-11,13H2,2H3,(H2,17,18,19). The third-order valence-electron chi connectivity index (χ3n) is 3.58. The summed E-state index contributed by atoms with van der Waals surface area (Å²) in [6, 6.07) is 4.72. The fourth-order valence-corrected chi connectivity index (χ4v) is 3.43. The predicted octanol–water partition coefficient (Wildman–Crippen LogP) is 2.07. The Kier molecular flexibility index (Phi) is 6.58. The summed E-state index contributed by atoms with van der Waals surface area (Å²) in [7, 11) is 0. The zero-order valence-electron chi connectivity index (χ0n) is 12.6. The van der Waals surface area contributed by atoms with Crippen LogP contribution in [-0.4, -0.2) is 43.6 Å². The molecular weight excluding hydrogens is 280 g/mol. The quantitative estimate of drug-likeness (QED) is 0.480. The molecule has 0 spiro atoms. The smallest absolute Gasteiger partial charge is 0.192 e. The molecule has 0 aromatic carbocycles. The molecule has 0 radical (unpaired) electrons. The minimum absolute atomic E-state index is 0.383. The third kappa shape index (κ3) is 4.76. The van der Waals surface area contributed by atoms with Crippen LogP contribution in [0.5, 0.6) is 0 Å². The molecule has 2 rings (SSSR count). The van der Waals surface area contributed by atoms with Crippen LogP contribution in [0.15, 0.2) is 22.5 Å². The summed E-state index contributed by atoms with van der Waals surface area (Å²) in [4.78, 5) is 8.65. The van der Waals surface area contributed by atoms with Gasteiger partial charge >= 0.3 is 0 Å². The lowest BCUT2D eigenvalue weighted by molar-refractivity contribution is 0.255. The number of nitrogens with one attached hydrogen (secondary N) is 2. The van der Waals surface area contributed by atoms with Crippen molar-refractivity contribution in [2.75, 3.05) is 32.7 Å². The number of likely N-dealkylation sites (tertiary alicyclic amines) is 1. The van der Waals surface area contributed by atoms with Gasteiger partial charge in [-0.05, 0) is 44.3 Å². The van der Waals surface area contributed by atoms with Crippen molar-refractivity contribution >= 4 is 17.3 Å². The van der Waals surface area contributed by atoms with E-state index in [2.05, 4.69) is 45.9 Å². The van der Waals surface area contributed by atoms with Gasteiger partial charge in [0.1, 0.15) is 0 Å². The lowest BCUT2D eigenvalue weighted by Gasteiger charge is -2.25. The number of aliphatic imine (C=N–C) groups is 1. The van der Waals surface area contributed by atoms with Gasteiger partial charge in [-0.25, -0.2) is 0 Å². The van der Waals surface area contributed by atoms with Crippen LogP contribution >= 0.6 is 11.3 Å². The van der Waals surface area contributed by atoms with Gasteiger partial charge in [0.25, 0.3) is 0 Å². The molecule has 1 aromatic heterocycles. The van der Waals surface area contributed by atoms with Crippen LogP contribution in [0.4, 0.5) is 0 Å². The summed E-state index contributed by atoms with van der Waals surface area (Å²) in [5.74, 6) is 3.39. The van der Waals surface area contributed by atoms with Crippen LogP contribution in [0, 0.1) is 12.3 Å². The molecule has 2 N–H and O–H groups in total. The highest BCUT2D eigenvalue weighted by Crippen LogP contribution is 2.28. The molecule has 0 saturated carbocycles. The predicted molar refractivity (Wildman–Crippen MR) is 90.7 cm³/mol. The maximum atomic E-state index is 5.30. The van der Waals surface area contributed by atoms with Gasteiger partial charge in [0.2, 0.25) is 0 Å². The Morgan fingerprint density at radius 3 is 2.90 bits per heavy atom. The zero-order chi connectivity index (χ0) is 14.9. The summed E-state index contributed by atoms with van der Waals surface area (Å²) in [5, 5.41) is 8.53. The molecule has 1 fully saturated rings. The first-order chi connectivity index (χ1) is 10.3. The van der Waals surface area contributed by atoms with E-state index >= 15 is 0 Å². The van der Waals surface area contributed by atoms with E-state index in [0.29, 0.717) is 12.6 Å². The fourth-order valence-electron chi connectivity index (χ4n) is 2.57. The van der Waals surface area contributed by atoms with Crippen LogP contribution in [-0.2, 0) is 0 Å². The van der Waals surface area contributed by atoms with Gasteiger partial charge in [0.15, 0.2) is 5.96 Å². The number of thiophene rings is 1. The lowest BCUT2D eigenvalue weighted by atomic mass is 10.2. The van der Waals surface area contributed by atoms with E-state index < -0.39 is 0 Å². The molecule has 4 nitrogen and oxygen atoms in total. The number of guanidine groups is 1. The first-order valence-corrected chi connectivity index (χ1v) is 8.46. The summed E-state index contributed by atoms with van der Waals surface area (Å²) in [5.41, 5.74) is 0. The highest BCUT2D eigenvalue weighted by atomic mass is 32.1. The molecule has 0 bridgehead atoms. The van der Waals surface area contributed by atoms with Crippen LogP contribution in [0.25, 0.3) is 0 Å². The Hall–Kier alpha value is -1.51. The average molecular weight is 304 g/mol. The largest absolute Gasteiger partial charge is 0.357 e. The van der Waals surface area contributed by atoms with Crippen molar-refractivity contribution in [1.29, 1.82) is 0 Å². The van der Waals surface area contributed by atoms with Crippen molar-refractivity contribution in [2.45, 2.75) is 25.8 Å². The first kappa shape index (κ1) is 15.9. The summed E-state index contributed by atoms with van der Waals surface area (Å²) in [6.07, 6.45) is 7.89. The van der Waals surface area contributed by atoms with Crippen molar-refractivity contribution in [3.05, 3.63) is 22.4 Å². The topological polar surface area (TPSA) is 39.7 Å². The highest BCUT2D eigenvalue weighted by Gasteiger charge is 2.24. The Morgan fingerprint density at radius 1 is 1.48 bits per heavy atom. The van der Waals surface area contributed by atoms with Crippen molar-refractivity contribution in [1.82, 2.24) is 15.5 Å². The number of nitrogens with zero attached hydrogens (tertiary/aromatic N) is 2. The van der Waals surface area contributed by atoms with E-state index in [4.69, 9.17) is 11.4 Å². The lowest BCUT2D eigenvalue weighted by Crippen LogP contribution is -2.38. The third-order valence-corrected chi connectivity index (χ3v) is 4.55. The molecule has 1 saturated heterocycles. The SMILES string of the molecule is C#CCNC(=NCC(c1cccs1)N1CCCC1)NCC. The van der Waals surface area contributed by atoms with E-state index in [0.717, 1.165) is 19.0 Å². The minimum Gasteiger partial charge on any atom is -0.357 e. The summed E-state index contributed by atoms with van der Waals surface area (Å²) in [6.45, 7) is 6.51. The molecule has 1 aliphatic rings. The highest BCUT2D eigenvalue weighted by molar-refractivity contribution is 7.10. The Bertz CT molecular complexity index is 469. The van der Waals surface area contributed by atoms with E-state index in [-0.39, 0.29) is 0 Å².